The van der Waals surface area contributed by atoms with Crippen LogP contribution in [0.2, 0.25) is 0 Å². The number of imidazole rings is 1. The van der Waals surface area contributed by atoms with E-state index in [-0.39, 0.29) is 22.7 Å². The number of nitrogens with zero attached hydrogens (tertiary/aromatic N) is 4. The lowest BCUT2D eigenvalue weighted by Gasteiger charge is -2.34. The molecule has 0 radical (unpaired) electrons. The monoisotopic (exact) mass is 545 g/mol. The zero-order valence-corrected chi connectivity index (χ0v) is 19.8. The molecule has 1 aromatic carbocycles. The molecular weight excluding hydrogens is 528 g/mol. The molecule has 37 heavy (non-hydrogen) atoms. The van der Waals surface area contributed by atoms with Crippen LogP contribution >= 0.6 is 11.3 Å². The van der Waals surface area contributed by atoms with Crippen LogP contribution in [-0.4, -0.2) is 49.4 Å². The van der Waals surface area contributed by atoms with Gasteiger partial charge in [-0.05, 0) is 25.5 Å². The number of fused-ring (bicyclic) bond motifs is 1. The zero-order chi connectivity index (χ0) is 27.3. The van der Waals surface area contributed by atoms with E-state index < -0.39 is 36.1 Å². The number of nitrogens with two attached hydrogens (primary N) is 1. The smallest absolute Gasteiger partial charge is 0.435 e. The minimum atomic E-state index is -5.73. The van der Waals surface area contributed by atoms with Gasteiger partial charge in [0, 0.05) is 23.5 Å². The summed E-state index contributed by atoms with van der Waals surface area (Å²) in [5.74, 6) is -3.08. The average Bonchev–Trinajstić information content (AvgIpc) is 3.43. The lowest BCUT2D eigenvalue weighted by molar-refractivity contribution is -0.299. The van der Waals surface area contributed by atoms with E-state index in [0.717, 1.165) is 17.1 Å². The first-order valence-corrected chi connectivity index (χ1v) is 11.1. The van der Waals surface area contributed by atoms with Crippen molar-refractivity contribution in [2.24, 2.45) is 0 Å². The van der Waals surface area contributed by atoms with Crippen LogP contribution in [0.1, 0.15) is 16.1 Å². The Morgan fingerprint density at radius 1 is 1.14 bits per heavy atom. The summed E-state index contributed by atoms with van der Waals surface area (Å²) in [6.07, 6.45) is -6.90. The molecule has 3 N–H and O–H groups in total. The van der Waals surface area contributed by atoms with Crippen molar-refractivity contribution in [2.45, 2.75) is 31.8 Å². The Hall–Kier alpha value is -3.72. The number of alkyl halides is 6. The number of carbonyl (C=O) groups excluding carboxylic acids is 1. The second-order valence-electron chi connectivity index (χ2n) is 7.99. The molecule has 4 rings (SSSR count). The molecule has 3 aromatic heterocycles. The number of hydrogen-bond donors (Lipinski definition) is 2. The van der Waals surface area contributed by atoms with Gasteiger partial charge < -0.3 is 15.6 Å². The maximum absolute atomic E-state index is 14.1. The number of aliphatic hydroxyl groups excluding tert-OH is 1. The van der Waals surface area contributed by atoms with Crippen LogP contribution in [-0.2, 0) is 15.1 Å². The molecule has 1 atom stereocenters. The molecule has 0 spiro atoms. The summed E-state index contributed by atoms with van der Waals surface area (Å²) < 4.78 is 86.1. The van der Waals surface area contributed by atoms with Crippen molar-refractivity contribution in [1.82, 2.24) is 19.4 Å². The number of carbonyl (C=O) groups is 1. The van der Waals surface area contributed by atoms with E-state index in [0.29, 0.717) is 16.1 Å². The van der Waals surface area contributed by atoms with Crippen LogP contribution in [0.15, 0.2) is 36.8 Å². The molecular formula is C22H17F6N5O3S. The summed E-state index contributed by atoms with van der Waals surface area (Å²) in [4.78, 5) is 24.7. The summed E-state index contributed by atoms with van der Waals surface area (Å²) in [6, 6.07) is 2.91. The number of esters is 1. The minimum absolute atomic E-state index is 0.0164. The number of rotatable bonds is 5. The predicted octanol–water partition coefficient (Wildman–Crippen LogP) is 4.57. The molecule has 4 aromatic rings. The summed E-state index contributed by atoms with van der Waals surface area (Å²) >= 11 is 1.33. The Balaban J connectivity index is 1.92. The summed E-state index contributed by atoms with van der Waals surface area (Å²) in [5.41, 5.74) is 2.47. The molecule has 0 aliphatic heterocycles. The third kappa shape index (κ3) is 4.59. The normalized spacial score (nSPS) is 14.1. The Bertz CT molecular complexity index is 1500. The van der Waals surface area contributed by atoms with Gasteiger partial charge in [0.2, 0.25) is 0 Å². The van der Waals surface area contributed by atoms with E-state index in [2.05, 4.69) is 19.7 Å². The molecule has 15 heteroatoms. The largest absolute Gasteiger partial charge is 0.490 e. The van der Waals surface area contributed by atoms with E-state index in [9.17, 15) is 36.2 Å². The van der Waals surface area contributed by atoms with Gasteiger partial charge in [0.25, 0.3) is 5.60 Å². The Labute approximate surface area is 208 Å². The second kappa shape index (κ2) is 8.99. The summed E-state index contributed by atoms with van der Waals surface area (Å²) in [6.45, 7) is 1.35. The number of anilines is 1. The molecule has 8 nitrogen and oxygen atoms in total. The number of thiazole rings is 1. The van der Waals surface area contributed by atoms with Gasteiger partial charge in [0.15, 0.2) is 11.5 Å². The van der Waals surface area contributed by atoms with Gasteiger partial charge >= 0.3 is 18.3 Å². The van der Waals surface area contributed by atoms with Crippen molar-refractivity contribution in [3.05, 3.63) is 52.9 Å². The van der Waals surface area contributed by atoms with Gasteiger partial charge in [0.1, 0.15) is 5.69 Å². The van der Waals surface area contributed by atoms with E-state index in [4.69, 9.17) is 5.73 Å². The molecule has 0 saturated carbocycles. The highest BCUT2D eigenvalue weighted by Gasteiger charge is 2.62. The maximum atomic E-state index is 14.1. The first kappa shape index (κ1) is 26.3. The van der Waals surface area contributed by atoms with Crippen molar-refractivity contribution < 1.29 is 41.0 Å². The van der Waals surface area contributed by atoms with Gasteiger partial charge in [-0.2, -0.15) is 26.3 Å². The minimum Gasteiger partial charge on any atom is -0.435 e. The number of benzene rings is 1. The number of nitrogen functional groups attached to an aromatic ring is 1. The molecule has 0 fully saturated rings. The molecule has 0 aliphatic carbocycles. The fraction of sp³-hybridized carbons (Fsp3) is 0.273. The fourth-order valence-electron chi connectivity index (χ4n) is 3.67. The van der Waals surface area contributed by atoms with Gasteiger partial charge in [-0.15, -0.1) is 11.3 Å². The van der Waals surface area contributed by atoms with Gasteiger partial charge in [-0.25, -0.2) is 19.7 Å². The van der Waals surface area contributed by atoms with E-state index in [1.165, 1.54) is 28.0 Å². The molecule has 0 amide bonds. The Morgan fingerprint density at radius 3 is 2.41 bits per heavy atom. The second-order valence-corrected chi connectivity index (χ2v) is 9.23. The van der Waals surface area contributed by atoms with Crippen LogP contribution in [0, 0.1) is 13.8 Å². The van der Waals surface area contributed by atoms with Crippen LogP contribution < -0.4 is 5.73 Å². The van der Waals surface area contributed by atoms with Gasteiger partial charge in [0.05, 0.1) is 28.4 Å². The van der Waals surface area contributed by atoms with Crippen molar-refractivity contribution in [3.8, 4) is 21.8 Å². The SMILES string of the molecule is Cc1ncc(-c2cn3c(-c4cc(C(CO)(OC(=O)C(F)(F)F)C(F)(F)F)ccc4C)cnc3c(N)n2)s1. The van der Waals surface area contributed by atoms with Crippen LogP contribution in [0.3, 0.4) is 0 Å². The summed E-state index contributed by atoms with van der Waals surface area (Å²) in [5, 5.41) is 10.4. The van der Waals surface area contributed by atoms with Crippen molar-refractivity contribution in [2.75, 3.05) is 12.3 Å². The lowest BCUT2D eigenvalue weighted by Crippen LogP contribution is -2.51. The summed E-state index contributed by atoms with van der Waals surface area (Å²) in [7, 11) is 0. The van der Waals surface area contributed by atoms with Crippen molar-refractivity contribution in [3.63, 3.8) is 0 Å². The average molecular weight is 545 g/mol. The van der Waals surface area contributed by atoms with E-state index >= 15 is 0 Å². The predicted molar refractivity (Wildman–Crippen MR) is 120 cm³/mol. The molecule has 3 heterocycles. The maximum Gasteiger partial charge on any atom is 0.490 e. The zero-order valence-electron chi connectivity index (χ0n) is 19.0. The quantitative estimate of drug-likeness (QED) is 0.279. The molecule has 0 bridgehead atoms. The molecule has 1 unspecified atom stereocenters. The van der Waals surface area contributed by atoms with Crippen LogP contribution in [0.25, 0.3) is 27.5 Å². The van der Waals surface area contributed by atoms with E-state index in [1.807, 2.05) is 0 Å². The highest BCUT2D eigenvalue weighted by Crippen LogP contribution is 2.45. The van der Waals surface area contributed by atoms with Crippen molar-refractivity contribution in [1.29, 1.82) is 0 Å². The first-order chi connectivity index (χ1) is 17.2. The molecule has 0 aliphatic rings. The number of hydrogen-bond acceptors (Lipinski definition) is 8. The van der Waals surface area contributed by atoms with Crippen LogP contribution in [0.5, 0.6) is 0 Å². The Kier molecular flexibility index (Phi) is 6.40. The standard InChI is InChI=1S/C22H17F6N5O3S/c1-10-3-4-12(20(9-34,22(26,27)28)36-19(35)21(23,24)25)5-13(10)15-6-31-18-17(29)32-14(8-33(15)18)16-7-30-11(2)37-16/h3-8,34H,9H2,1-2H3,(H2,29,32). The first-order valence-electron chi connectivity index (χ1n) is 10.3. The molecule has 196 valence electrons. The topological polar surface area (TPSA) is 116 Å². The highest BCUT2D eigenvalue weighted by atomic mass is 32.1. The Morgan fingerprint density at radius 2 is 1.84 bits per heavy atom. The lowest BCUT2D eigenvalue weighted by atomic mass is 9.90. The van der Waals surface area contributed by atoms with E-state index in [1.54, 1.807) is 26.2 Å². The number of aliphatic hydroxyl groups is 1. The highest BCUT2D eigenvalue weighted by molar-refractivity contribution is 7.15. The number of halogens is 6. The van der Waals surface area contributed by atoms with Gasteiger partial charge in [-0.3, -0.25) is 4.40 Å². The number of aryl methyl sites for hydroxylation is 2. The van der Waals surface area contributed by atoms with Gasteiger partial charge in [-0.1, -0.05) is 12.1 Å². The number of aromatic nitrogens is 4. The number of ether oxygens (including phenoxy) is 1. The van der Waals surface area contributed by atoms with Crippen LogP contribution in [0.4, 0.5) is 32.2 Å². The third-order valence-corrected chi connectivity index (χ3v) is 6.49. The fourth-order valence-corrected chi connectivity index (χ4v) is 4.40. The third-order valence-electron chi connectivity index (χ3n) is 5.55. The van der Waals surface area contributed by atoms with Crippen molar-refractivity contribution >= 4 is 28.8 Å². The molecule has 0 saturated heterocycles.